The molecule has 0 aromatic heterocycles. The van der Waals surface area contributed by atoms with Gasteiger partial charge in [-0.3, -0.25) is 0 Å². The second-order valence-corrected chi connectivity index (χ2v) is 2.69. The van der Waals surface area contributed by atoms with E-state index in [9.17, 15) is 13.2 Å². The fourth-order valence-corrected chi connectivity index (χ4v) is 0.775. The molecule has 0 aromatic rings. The molecule has 0 aromatic carbocycles. The Morgan fingerprint density at radius 1 is 1.46 bits per heavy atom. The molecule has 0 bridgehead atoms. The van der Waals surface area contributed by atoms with Crippen molar-refractivity contribution < 1.29 is 23.0 Å². The van der Waals surface area contributed by atoms with Crippen molar-refractivity contribution in [2.45, 2.75) is 18.7 Å². The molecule has 0 saturated carbocycles. The van der Waals surface area contributed by atoms with Gasteiger partial charge in [0.25, 0.3) is 0 Å². The van der Waals surface area contributed by atoms with Gasteiger partial charge in [0, 0.05) is 7.11 Å². The summed E-state index contributed by atoms with van der Waals surface area (Å²) in [5.41, 5.74) is 0. The number of aliphatic hydroxyl groups excluding tert-OH is 1. The predicted octanol–water partition coefficient (Wildman–Crippen LogP) is 0.536. The van der Waals surface area contributed by atoms with Crippen LogP contribution in [0.4, 0.5) is 13.2 Å². The number of nitrogens with one attached hydrogen (secondary N) is 1. The number of rotatable bonds is 6. The van der Waals surface area contributed by atoms with Crippen LogP contribution in [0.5, 0.6) is 0 Å². The number of halogens is 3. The lowest BCUT2D eigenvalue weighted by Gasteiger charge is -2.11. The Morgan fingerprint density at radius 2 is 2.08 bits per heavy atom. The van der Waals surface area contributed by atoms with Gasteiger partial charge >= 0.3 is 6.18 Å². The molecule has 1 unspecified atom stereocenters. The van der Waals surface area contributed by atoms with Crippen LogP contribution in [-0.2, 0) is 4.74 Å². The average molecular weight is 201 g/mol. The zero-order chi connectivity index (χ0) is 10.3. The third kappa shape index (κ3) is 9.59. The normalized spacial score (nSPS) is 14.5. The first-order chi connectivity index (χ1) is 5.95. The summed E-state index contributed by atoms with van der Waals surface area (Å²) in [6, 6.07) is 0. The molecule has 0 amide bonds. The Hall–Kier alpha value is -0.330. The summed E-state index contributed by atoms with van der Waals surface area (Å²) in [7, 11) is 1.42. The molecule has 2 N–H and O–H groups in total. The summed E-state index contributed by atoms with van der Waals surface area (Å²) in [6.45, 7) is -0.746. The molecule has 0 spiro atoms. The number of hydrogen-bond donors (Lipinski definition) is 2. The Bertz CT molecular complexity index is 129. The number of aliphatic hydroxyl groups is 1. The van der Waals surface area contributed by atoms with E-state index in [0.29, 0.717) is 0 Å². The minimum atomic E-state index is -4.19. The van der Waals surface area contributed by atoms with Crippen molar-refractivity contribution in [1.29, 1.82) is 0 Å². The summed E-state index contributed by atoms with van der Waals surface area (Å²) in [4.78, 5) is 0. The van der Waals surface area contributed by atoms with Crippen molar-refractivity contribution in [2.24, 2.45) is 0 Å². The monoisotopic (exact) mass is 201 g/mol. The second kappa shape index (κ2) is 6.17. The topological polar surface area (TPSA) is 41.5 Å². The molecule has 0 radical (unpaired) electrons. The van der Waals surface area contributed by atoms with Crippen LogP contribution in [0, 0.1) is 0 Å². The van der Waals surface area contributed by atoms with E-state index >= 15 is 0 Å². The first-order valence-electron chi connectivity index (χ1n) is 3.90. The van der Waals surface area contributed by atoms with Crippen LogP contribution < -0.4 is 5.32 Å². The molecule has 0 aliphatic heterocycles. The molecular formula is C7H14F3NO2. The highest BCUT2D eigenvalue weighted by Crippen LogP contribution is 2.11. The Kier molecular flexibility index (Phi) is 6.02. The molecule has 0 rings (SSSR count). The molecule has 0 aliphatic rings. The SMILES string of the molecule is COCC(O)CCNCC(F)(F)F. The largest absolute Gasteiger partial charge is 0.401 e. The third-order valence-corrected chi connectivity index (χ3v) is 1.34. The third-order valence-electron chi connectivity index (χ3n) is 1.34. The van der Waals surface area contributed by atoms with Gasteiger partial charge in [-0.2, -0.15) is 13.2 Å². The summed E-state index contributed by atoms with van der Waals surface area (Å²) in [5, 5.41) is 11.2. The maximum absolute atomic E-state index is 11.6. The lowest BCUT2D eigenvalue weighted by atomic mass is 10.2. The Balaban J connectivity index is 3.25. The van der Waals surface area contributed by atoms with E-state index in [4.69, 9.17) is 5.11 Å². The fourth-order valence-electron chi connectivity index (χ4n) is 0.775. The van der Waals surface area contributed by atoms with Gasteiger partial charge in [0.1, 0.15) is 0 Å². The smallest absolute Gasteiger partial charge is 0.391 e. The Morgan fingerprint density at radius 3 is 2.54 bits per heavy atom. The van der Waals surface area contributed by atoms with E-state index < -0.39 is 18.8 Å². The van der Waals surface area contributed by atoms with E-state index in [0.717, 1.165) is 0 Å². The van der Waals surface area contributed by atoms with Crippen molar-refractivity contribution in [2.75, 3.05) is 26.8 Å². The van der Waals surface area contributed by atoms with Crippen LogP contribution in [0.1, 0.15) is 6.42 Å². The van der Waals surface area contributed by atoms with Gasteiger partial charge in [0.15, 0.2) is 0 Å². The molecule has 1 atom stereocenters. The predicted molar refractivity (Wildman–Crippen MR) is 41.4 cm³/mol. The Labute approximate surface area is 74.9 Å². The van der Waals surface area contributed by atoms with Crippen LogP contribution >= 0.6 is 0 Å². The minimum Gasteiger partial charge on any atom is -0.391 e. The van der Waals surface area contributed by atoms with Gasteiger partial charge in [-0.15, -0.1) is 0 Å². The van der Waals surface area contributed by atoms with E-state index in [-0.39, 0.29) is 19.6 Å². The number of methoxy groups -OCH3 is 1. The molecule has 0 fully saturated rings. The number of alkyl halides is 3. The average Bonchev–Trinajstić information content (AvgIpc) is 1.97. The highest BCUT2D eigenvalue weighted by Gasteiger charge is 2.25. The van der Waals surface area contributed by atoms with Crippen molar-refractivity contribution in [3.63, 3.8) is 0 Å². The molecule has 0 saturated heterocycles. The molecule has 0 heterocycles. The van der Waals surface area contributed by atoms with Gasteiger partial charge in [0.2, 0.25) is 0 Å². The summed E-state index contributed by atoms with van der Waals surface area (Å²) in [5.74, 6) is 0. The van der Waals surface area contributed by atoms with Gasteiger partial charge in [-0.25, -0.2) is 0 Å². The van der Waals surface area contributed by atoms with Gasteiger partial charge in [-0.1, -0.05) is 0 Å². The molecule has 13 heavy (non-hydrogen) atoms. The lowest BCUT2D eigenvalue weighted by molar-refractivity contribution is -0.125. The maximum atomic E-state index is 11.6. The summed E-state index contributed by atoms with van der Waals surface area (Å²) >= 11 is 0. The molecular weight excluding hydrogens is 187 g/mol. The van der Waals surface area contributed by atoms with E-state index in [1.807, 2.05) is 0 Å². The summed E-state index contributed by atoms with van der Waals surface area (Å²) in [6.07, 6.45) is -4.64. The number of hydrogen-bond acceptors (Lipinski definition) is 3. The van der Waals surface area contributed by atoms with E-state index in [2.05, 4.69) is 10.1 Å². The van der Waals surface area contributed by atoms with Crippen molar-refractivity contribution in [3.05, 3.63) is 0 Å². The first-order valence-corrected chi connectivity index (χ1v) is 3.90. The zero-order valence-corrected chi connectivity index (χ0v) is 7.40. The van der Waals surface area contributed by atoms with Gasteiger partial charge in [0.05, 0.1) is 19.3 Å². The van der Waals surface area contributed by atoms with Gasteiger partial charge in [-0.05, 0) is 13.0 Å². The van der Waals surface area contributed by atoms with Crippen LogP contribution in [0.15, 0.2) is 0 Å². The fraction of sp³-hybridized carbons (Fsp3) is 1.00. The van der Waals surface area contributed by atoms with Crippen LogP contribution in [0.25, 0.3) is 0 Å². The zero-order valence-electron chi connectivity index (χ0n) is 7.40. The highest BCUT2D eigenvalue weighted by atomic mass is 19.4. The lowest BCUT2D eigenvalue weighted by Crippen LogP contribution is -2.31. The second-order valence-electron chi connectivity index (χ2n) is 2.69. The van der Waals surface area contributed by atoms with E-state index in [1.54, 1.807) is 0 Å². The highest BCUT2D eigenvalue weighted by molar-refractivity contribution is 4.59. The van der Waals surface area contributed by atoms with Crippen molar-refractivity contribution >= 4 is 0 Å². The molecule has 6 heteroatoms. The maximum Gasteiger partial charge on any atom is 0.401 e. The quantitative estimate of drug-likeness (QED) is 0.616. The van der Waals surface area contributed by atoms with Crippen LogP contribution in [0.2, 0.25) is 0 Å². The van der Waals surface area contributed by atoms with Crippen LogP contribution in [0.3, 0.4) is 0 Å². The number of ether oxygens (including phenoxy) is 1. The van der Waals surface area contributed by atoms with Crippen molar-refractivity contribution in [3.8, 4) is 0 Å². The standard InChI is InChI=1S/C7H14F3NO2/c1-13-4-6(12)2-3-11-5-7(8,9)10/h6,11-12H,2-5H2,1H3. The van der Waals surface area contributed by atoms with Crippen LogP contribution in [-0.4, -0.2) is 44.2 Å². The first kappa shape index (κ1) is 12.7. The molecule has 0 aliphatic carbocycles. The summed E-state index contributed by atoms with van der Waals surface area (Å²) < 4.78 is 39.3. The minimum absolute atomic E-state index is 0.129. The van der Waals surface area contributed by atoms with Gasteiger partial charge < -0.3 is 15.2 Å². The van der Waals surface area contributed by atoms with E-state index in [1.165, 1.54) is 7.11 Å². The molecule has 80 valence electrons. The molecule has 3 nitrogen and oxygen atoms in total. The van der Waals surface area contributed by atoms with Crippen molar-refractivity contribution in [1.82, 2.24) is 5.32 Å².